The summed E-state index contributed by atoms with van der Waals surface area (Å²) in [6.07, 6.45) is 3.63. The van der Waals surface area contributed by atoms with Crippen LogP contribution in [0.5, 0.6) is 0 Å². The number of benzene rings is 1. The van der Waals surface area contributed by atoms with Gasteiger partial charge < -0.3 is 4.90 Å². The molecular weight excluding hydrogens is 296 g/mol. The van der Waals surface area contributed by atoms with Crippen LogP contribution in [0, 0.1) is 15.5 Å². The summed E-state index contributed by atoms with van der Waals surface area (Å²) in [6, 6.07) is 4.75. The van der Waals surface area contributed by atoms with Gasteiger partial charge in [-0.25, -0.2) is 0 Å². The lowest BCUT2D eigenvalue weighted by molar-refractivity contribution is -0.384. The quantitative estimate of drug-likeness (QED) is 0.452. The van der Waals surface area contributed by atoms with Gasteiger partial charge >= 0.3 is 0 Å². The molecule has 1 aliphatic carbocycles. The van der Waals surface area contributed by atoms with E-state index in [0.717, 1.165) is 30.6 Å². The van der Waals surface area contributed by atoms with Crippen LogP contribution in [0.2, 0.25) is 0 Å². The maximum absolute atomic E-state index is 12.8. The second-order valence-electron chi connectivity index (χ2n) is 6.77. The molecule has 120 valence electrons. The molecule has 0 unspecified atom stereocenters. The average Bonchev–Trinajstić information content (AvgIpc) is 3.02. The fourth-order valence-electron chi connectivity index (χ4n) is 4.67. The number of rotatable bonds is 1. The van der Waals surface area contributed by atoms with Crippen molar-refractivity contribution in [2.75, 3.05) is 11.4 Å². The number of hydrogen-bond acceptors (Lipinski definition) is 5. The number of carbonyl (C=O) groups excluding carboxylic acids is 2. The van der Waals surface area contributed by atoms with Gasteiger partial charge in [0.25, 0.3) is 5.69 Å². The normalized spacial score (nSPS) is 25.4. The third kappa shape index (κ3) is 1.87. The monoisotopic (exact) mass is 314 g/mol. The summed E-state index contributed by atoms with van der Waals surface area (Å²) in [4.78, 5) is 38.3. The van der Waals surface area contributed by atoms with E-state index in [9.17, 15) is 19.7 Å². The van der Waals surface area contributed by atoms with Gasteiger partial charge in [0.15, 0.2) is 0 Å². The zero-order chi connectivity index (χ0) is 16.2. The highest BCUT2D eigenvalue weighted by molar-refractivity contribution is 6.11. The molecule has 3 aliphatic rings. The minimum Gasteiger partial charge on any atom is -0.367 e. The number of hydrogen-bond donors (Lipinski definition) is 0. The second kappa shape index (κ2) is 4.88. The van der Waals surface area contributed by atoms with E-state index < -0.39 is 10.3 Å². The van der Waals surface area contributed by atoms with Gasteiger partial charge in [0.1, 0.15) is 17.0 Å². The zero-order valence-electron chi connectivity index (χ0n) is 12.8. The van der Waals surface area contributed by atoms with Crippen LogP contribution < -0.4 is 4.90 Å². The van der Waals surface area contributed by atoms with Crippen molar-refractivity contribution in [1.29, 1.82) is 0 Å². The lowest BCUT2D eigenvalue weighted by Crippen LogP contribution is -2.59. The largest absolute Gasteiger partial charge is 0.367 e. The molecule has 0 radical (unpaired) electrons. The van der Waals surface area contributed by atoms with Crippen molar-refractivity contribution in [3.05, 3.63) is 33.9 Å². The summed E-state index contributed by atoms with van der Waals surface area (Å²) in [5.41, 5.74) is 0.764. The number of ketones is 2. The Bertz CT molecular complexity index is 711. The van der Waals surface area contributed by atoms with E-state index in [0.29, 0.717) is 25.7 Å². The molecule has 0 aromatic heterocycles. The summed E-state index contributed by atoms with van der Waals surface area (Å²) < 4.78 is 0. The van der Waals surface area contributed by atoms with Crippen LogP contribution in [0.25, 0.3) is 0 Å². The standard InChI is InChI=1S/C17H18N2O4/c20-15-4-1-5-16(21)17(15)10-11-9-12(19(22)23)6-7-13(11)18-8-2-3-14(17)18/h6-7,9,14H,1-5,8,10H2/t14-/m0/s1. The predicted octanol–water partition coefficient (Wildman–Crippen LogP) is 2.43. The maximum atomic E-state index is 12.8. The summed E-state index contributed by atoms with van der Waals surface area (Å²) in [7, 11) is 0. The summed E-state index contributed by atoms with van der Waals surface area (Å²) in [5, 5.41) is 11.1. The molecule has 1 aromatic carbocycles. The van der Waals surface area contributed by atoms with Crippen LogP contribution in [-0.2, 0) is 16.0 Å². The van der Waals surface area contributed by atoms with E-state index in [-0.39, 0.29) is 23.3 Å². The first kappa shape index (κ1) is 14.4. The van der Waals surface area contributed by atoms with Crippen LogP contribution in [0.1, 0.15) is 37.7 Å². The van der Waals surface area contributed by atoms with Crippen molar-refractivity contribution in [3.63, 3.8) is 0 Å². The molecule has 6 heteroatoms. The van der Waals surface area contributed by atoms with Crippen LogP contribution in [-0.4, -0.2) is 29.1 Å². The van der Waals surface area contributed by atoms with E-state index >= 15 is 0 Å². The van der Waals surface area contributed by atoms with E-state index in [1.807, 2.05) is 0 Å². The Morgan fingerprint density at radius 3 is 2.61 bits per heavy atom. The van der Waals surface area contributed by atoms with E-state index in [1.165, 1.54) is 6.07 Å². The first-order valence-electron chi connectivity index (χ1n) is 8.14. The highest BCUT2D eigenvalue weighted by atomic mass is 16.6. The lowest BCUT2D eigenvalue weighted by Gasteiger charge is -2.48. The SMILES string of the molecule is O=C1CCCC(=O)C12Cc1cc([N+](=O)[O-])ccc1N1CCC[C@H]12. The molecule has 2 aliphatic heterocycles. The minimum atomic E-state index is -0.975. The van der Waals surface area contributed by atoms with Gasteiger partial charge in [-0.05, 0) is 37.3 Å². The third-order valence-electron chi connectivity index (χ3n) is 5.68. The molecule has 2 fully saturated rings. The van der Waals surface area contributed by atoms with Gasteiger partial charge in [0.05, 0.1) is 4.92 Å². The topological polar surface area (TPSA) is 80.5 Å². The molecule has 1 saturated heterocycles. The number of Topliss-reactive ketones (excluding diaryl/α,β-unsaturated/α-hetero) is 2. The number of anilines is 1. The van der Waals surface area contributed by atoms with Crippen LogP contribution >= 0.6 is 0 Å². The Labute approximate surface area is 133 Å². The minimum absolute atomic E-state index is 0.0206. The van der Waals surface area contributed by atoms with E-state index in [2.05, 4.69) is 4.90 Å². The summed E-state index contributed by atoms with van der Waals surface area (Å²) >= 11 is 0. The van der Waals surface area contributed by atoms with Crippen molar-refractivity contribution in [1.82, 2.24) is 0 Å². The van der Waals surface area contributed by atoms with Crippen molar-refractivity contribution in [2.24, 2.45) is 5.41 Å². The fourth-order valence-corrected chi connectivity index (χ4v) is 4.67. The lowest BCUT2D eigenvalue weighted by atomic mass is 9.61. The van der Waals surface area contributed by atoms with Gasteiger partial charge in [-0.3, -0.25) is 19.7 Å². The molecule has 1 spiro atoms. The maximum Gasteiger partial charge on any atom is 0.269 e. The summed E-state index contributed by atoms with van der Waals surface area (Å²) in [5.74, 6) is 0.0608. The molecule has 1 atom stereocenters. The van der Waals surface area contributed by atoms with Gasteiger partial charge in [-0.15, -0.1) is 0 Å². The van der Waals surface area contributed by atoms with Crippen LogP contribution in [0.15, 0.2) is 18.2 Å². The Balaban J connectivity index is 1.88. The number of carbonyl (C=O) groups is 2. The summed E-state index contributed by atoms with van der Waals surface area (Å²) in [6.45, 7) is 0.803. The highest BCUT2D eigenvalue weighted by Crippen LogP contribution is 2.50. The number of fused-ring (bicyclic) bond motifs is 4. The van der Waals surface area contributed by atoms with Crippen LogP contribution in [0.3, 0.4) is 0 Å². The first-order valence-corrected chi connectivity index (χ1v) is 8.14. The third-order valence-corrected chi connectivity index (χ3v) is 5.68. The van der Waals surface area contributed by atoms with Gasteiger partial charge in [-0.2, -0.15) is 0 Å². The average molecular weight is 314 g/mol. The number of nitro benzene ring substituents is 1. The Hall–Kier alpha value is -2.24. The highest BCUT2D eigenvalue weighted by Gasteiger charge is 2.58. The van der Waals surface area contributed by atoms with Crippen molar-refractivity contribution in [3.8, 4) is 0 Å². The predicted molar refractivity (Wildman–Crippen MR) is 83.5 cm³/mol. The molecule has 1 aromatic rings. The van der Waals surface area contributed by atoms with E-state index in [1.54, 1.807) is 12.1 Å². The zero-order valence-corrected chi connectivity index (χ0v) is 12.8. The Morgan fingerprint density at radius 1 is 1.17 bits per heavy atom. The molecule has 4 rings (SSSR count). The molecule has 23 heavy (non-hydrogen) atoms. The van der Waals surface area contributed by atoms with Gasteiger partial charge in [0, 0.05) is 43.2 Å². The van der Waals surface area contributed by atoms with Gasteiger partial charge in [0.2, 0.25) is 0 Å². The molecule has 1 saturated carbocycles. The Morgan fingerprint density at radius 2 is 1.91 bits per heavy atom. The van der Waals surface area contributed by atoms with Crippen molar-refractivity contribution >= 4 is 22.9 Å². The van der Waals surface area contributed by atoms with E-state index in [4.69, 9.17) is 0 Å². The number of non-ortho nitro benzene ring substituents is 1. The Kier molecular flexibility index (Phi) is 3.04. The number of nitrogens with zero attached hydrogens (tertiary/aromatic N) is 2. The molecular formula is C17H18N2O4. The van der Waals surface area contributed by atoms with Gasteiger partial charge in [-0.1, -0.05) is 0 Å². The number of nitro groups is 1. The second-order valence-corrected chi connectivity index (χ2v) is 6.77. The molecule has 0 bridgehead atoms. The first-order chi connectivity index (χ1) is 11.0. The molecule has 0 amide bonds. The van der Waals surface area contributed by atoms with Crippen LogP contribution in [0.4, 0.5) is 11.4 Å². The fraction of sp³-hybridized carbons (Fsp3) is 0.529. The molecule has 2 heterocycles. The molecule has 6 nitrogen and oxygen atoms in total. The molecule has 0 N–H and O–H groups in total. The van der Waals surface area contributed by atoms with Crippen molar-refractivity contribution in [2.45, 2.75) is 44.6 Å². The van der Waals surface area contributed by atoms with Crippen molar-refractivity contribution < 1.29 is 14.5 Å². The smallest absolute Gasteiger partial charge is 0.269 e.